The molecule has 0 radical (unpaired) electrons. The van der Waals surface area contributed by atoms with E-state index in [4.69, 9.17) is 5.11 Å². The van der Waals surface area contributed by atoms with Crippen LogP contribution >= 0.6 is 0 Å². The molecule has 0 aromatic carbocycles. The second-order valence-corrected chi connectivity index (χ2v) is 7.70. The monoisotopic (exact) mass is 364 g/mol. The van der Waals surface area contributed by atoms with E-state index in [9.17, 15) is 0 Å². The second kappa shape index (κ2) is 17.6. The molecule has 0 amide bonds. The molecule has 152 valence electrons. The molecular formula is C23H44N2O. The lowest BCUT2D eigenvalue weighted by Crippen LogP contribution is -2.30. The number of hydrogen-bond acceptors (Lipinski definition) is 3. The van der Waals surface area contributed by atoms with Gasteiger partial charge in [0.15, 0.2) is 0 Å². The van der Waals surface area contributed by atoms with E-state index in [-0.39, 0.29) is 6.61 Å². The van der Waals surface area contributed by atoms with Gasteiger partial charge in [0.2, 0.25) is 0 Å². The van der Waals surface area contributed by atoms with Gasteiger partial charge < -0.3 is 10.0 Å². The van der Waals surface area contributed by atoms with Crippen molar-refractivity contribution in [2.45, 2.75) is 103 Å². The van der Waals surface area contributed by atoms with Crippen LogP contribution in [0.3, 0.4) is 0 Å². The van der Waals surface area contributed by atoms with Crippen molar-refractivity contribution in [1.29, 1.82) is 0 Å². The summed E-state index contributed by atoms with van der Waals surface area (Å²) in [5.41, 5.74) is 0. The van der Waals surface area contributed by atoms with Crippen LogP contribution < -0.4 is 0 Å². The number of allylic oxidation sites excluding steroid dienone is 2. The summed E-state index contributed by atoms with van der Waals surface area (Å²) in [5, 5.41) is 9.05. The summed E-state index contributed by atoms with van der Waals surface area (Å²) in [6, 6.07) is 0. The number of aliphatic hydroxyl groups is 1. The Hall–Kier alpha value is -0.830. The fourth-order valence-corrected chi connectivity index (χ4v) is 3.68. The largest absolute Gasteiger partial charge is 0.395 e. The van der Waals surface area contributed by atoms with E-state index in [1.165, 1.54) is 89.3 Å². The zero-order valence-corrected chi connectivity index (χ0v) is 17.4. The van der Waals surface area contributed by atoms with E-state index in [0.29, 0.717) is 0 Å². The average molecular weight is 365 g/mol. The molecule has 0 unspecified atom stereocenters. The molecule has 0 aromatic rings. The molecule has 0 spiro atoms. The van der Waals surface area contributed by atoms with Gasteiger partial charge in [-0.1, -0.05) is 89.7 Å². The number of aliphatic hydroxyl groups excluding tert-OH is 1. The predicted octanol–water partition coefficient (Wildman–Crippen LogP) is 6.12. The van der Waals surface area contributed by atoms with Crippen molar-refractivity contribution < 1.29 is 5.11 Å². The highest BCUT2D eigenvalue weighted by Crippen LogP contribution is 2.13. The highest BCUT2D eigenvalue weighted by atomic mass is 16.3. The number of aliphatic imine (C=N–C) groups is 1. The first-order valence-corrected chi connectivity index (χ1v) is 11.4. The zero-order valence-electron chi connectivity index (χ0n) is 17.4. The van der Waals surface area contributed by atoms with E-state index in [1.54, 1.807) is 0 Å². The molecule has 1 N–H and O–H groups in total. The van der Waals surface area contributed by atoms with Gasteiger partial charge >= 0.3 is 0 Å². The quantitative estimate of drug-likeness (QED) is 0.235. The fourth-order valence-electron chi connectivity index (χ4n) is 3.68. The van der Waals surface area contributed by atoms with Crippen molar-refractivity contribution in [3.05, 3.63) is 12.2 Å². The summed E-state index contributed by atoms with van der Waals surface area (Å²) in [6.07, 6.45) is 25.0. The lowest BCUT2D eigenvalue weighted by Gasteiger charge is -2.18. The average Bonchev–Trinajstić information content (AvgIpc) is 3.09. The normalized spacial score (nSPS) is 14.5. The maximum Gasteiger partial charge on any atom is 0.0994 e. The molecule has 3 heteroatoms. The number of β-amino-alcohol motifs (C(OH)–C–C–N with tert-alkyl or cyclic N) is 1. The van der Waals surface area contributed by atoms with E-state index in [1.807, 2.05) is 0 Å². The van der Waals surface area contributed by atoms with Gasteiger partial charge in [0, 0.05) is 19.5 Å². The molecule has 0 aliphatic carbocycles. The Labute approximate surface area is 163 Å². The molecule has 0 atom stereocenters. The minimum absolute atomic E-state index is 0.230. The molecule has 0 saturated carbocycles. The molecule has 1 heterocycles. The van der Waals surface area contributed by atoms with Crippen molar-refractivity contribution in [3.63, 3.8) is 0 Å². The molecule has 26 heavy (non-hydrogen) atoms. The number of nitrogens with zero attached hydrogens (tertiary/aromatic N) is 2. The summed E-state index contributed by atoms with van der Waals surface area (Å²) in [5.74, 6) is 1.19. The first-order valence-electron chi connectivity index (χ1n) is 11.4. The van der Waals surface area contributed by atoms with E-state index < -0.39 is 0 Å². The van der Waals surface area contributed by atoms with Crippen molar-refractivity contribution in [2.24, 2.45) is 4.99 Å². The van der Waals surface area contributed by atoms with Gasteiger partial charge in [-0.3, -0.25) is 4.99 Å². The molecule has 0 saturated heterocycles. The Morgan fingerprint density at radius 1 is 0.846 bits per heavy atom. The highest BCUT2D eigenvalue weighted by Gasteiger charge is 2.14. The molecule has 0 bridgehead atoms. The van der Waals surface area contributed by atoms with Gasteiger partial charge in [-0.05, 0) is 19.3 Å². The van der Waals surface area contributed by atoms with E-state index in [2.05, 4.69) is 29.0 Å². The summed E-state index contributed by atoms with van der Waals surface area (Å²) >= 11 is 0. The van der Waals surface area contributed by atoms with Gasteiger partial charge in [0.1, 0.15) is 0 Å². The van der Waals surface area contributed by atoms with Crippen LogP contribution in [0.4, 0.5) is 0 Å². The lowest BCUT2D eigenvalue weighted by atomic mass is 10.0. The van der Waals surface area contributed by atoms with Gasteiger partial charge in [0.25, 0.3) is 0 Å². The van der Waals surface area contributed by atoms with E-state index >= 15 is 0 Å². The molecule has 1 aliphatic rings. The standard InChI is InChI=1S/C23H44N2O/c1-2-3-4-5-6-7-8-9-10-11-12-13-14-15-16-17-18-23-24-19-20-25(23)21-22-26/h15-16,26H,2-14,17-22H2,1H3/b16-15+. The fraction of sp³-hybridized carbons (Fsp3) is 0.870. The summed E-state index contributed by atoms with van der Waals surface area (Å²) in [6.45, 7) is 5.14. The van der Waals surface area contributed by atoms with Crippen molar-refractivity contribution in [1.82, 2.24) is 4.90 Å². The van der Waals surface area contributed by atoms with Crippen LogP contribution in [0.15, 0.2) is 17.1 Å². The highest BCUT2D eigenvalue weighted by molar-refractivity contribution is 5.83. The van der Waals surface area contributed by atoms with Crippen molar-refractivity contribution >= 4 is 5.84 Å². The van der Waals surface area contributed by atoms with Crippen molar-refractivity contribution in [3.8, 4) is 0 Å². The van der Waals surface area contributed by atoms with Crippen LogP contribution in [0, 0.1) is 0 Å². The van der Waals surface area contributed by atoms with E-state index in [0.717, 1.165) is 32.5 Å². The number of hydrogen-bond donors (Lipinski definition) is 1. The van der Waals surface area contributed by atoms with Crippen LogP contribution in [0.5, 0.6) is 0 Å². The molecule has 0 fully saturated rings. The van der Waals surface area contributed by atoms with Gasteiger partial charge in [-0.15, -0.1) is 0 Å². The SMILES string of the molecule is CCCCCCCCCCCCCC/C=C/CCC1=NCCN1CCO. The van der Waals surface area contributed by atoms with Crippen LogP contribution in [-0.2, 0) is 0 Å². The summed E-state index contributed by atoms with van der Waals surface area (Å²) in [7, 11) is 0. The third-order valence-corrected chi connectivity index (χ3v) is 5.32. The van der Waals surface area contributed by atoms with Gasteiger partial charge in [-0.25, -0.2) is 0 Å². The van der Waals surface area contributed by atoms with Crippen molar-refractivity contribution in [2.75, 3.05) is 26.2 Å². The minimum atomic E-state index is 0.230. The Morgan fingerprint density at radius 3 is 2.04 bits per heavy atom. The lowest BCUT2D eigenvalue weighted by molar-refractivity contribution is 0.255. The third-order valence-electron chi connectivity index (χ3n) is 5.32. The number of amidine groups is 1. The topological polar surface area (TPSA) is 35.8 Å². The summed E-state index contributed by atoms with van der Waals surface area (Å²) < 4.78 is 0. The maximum absolute atomic E-state index is 9.05. The van der Waals surface area contributed by atoms with Gasteiger partial charge in [-0.2, -0.15) is 0 Å². The first-order chi connectivity index (χ1) is 12.9. The van der Waals surface area contributed by atoms with Crippen LogP contribution in [0.1, 0.15) is 103 Å². The Balaban J connectivity index is 1.81. The predicted molar refractivity (Wildman–Crippen MR) is 115 cm³/mol. The smallest absolute Gasteiger partial charge is 0.0994 e. The number of rotatable bonds is 18. The Kier molecular flexibility index (Phi) is 15.7. The van der Waals surface area contributed by atoms with Crippen LogP contribution in [0.25, 0.3) is 0 Å². The Morgan fingerprint density at radius 2 is 1.42 bits per heavy atom. The molecule has 1 aliphatic heterocycles. The molecule has 0 aromatic heterocycles. The second-order valence-electron chi connectivity index (χ2n) is 7.70. The molecule has 1 rings (SSSR count). The zero-order chi connectivity index (χ0) is 18.7. The first kappa shape index (κ1) is 23.2. The minimum Gasteiger partial charge on any atom is -0.395 e. The summed E-state index contributed by atoms with van der Waals surface area (Å²) in [4.78, 5) is 6.76. The van der Waals surface area contributed by atoms with Gasteiger partial charge in [0.05, 0.1) is 19.0 Å². The number of unbranched alkanes of at least 4 members (excludes halogenated alkanes) is 12. The third kappa shape index (κ3) is 12.5. The van der Waals surface area contributed by atoms with Crippen LogP contribution in [0.2, 0.25) is 0 Å². The van der Waals surface area contributed by atoms with Crippen LogP contribution in [-0.4, -0.2) is 42.1 Å². The maximum atomic E-state index is 9.05. The molecular weight excluding hydrogens is 320 g/mol. The molecule has 3 nitrogen and oxygen atoms in total. The Bertz CT molecular complexity index is 365.